The van der Waals surface area contributed by atoms with Crippen LogP contribution >= 0.6 is 0 Å². The molecule has 0 aromatic rings. The van der Waals surface area contributed by atoms with Gasteiger partial charge in [0.15, 0.2) is 0 Å². The lowest BCUT2D eigenvalue weighted by atomic mass is 10.3. The summed E-state index contributed by atoms with van der Waals surface area (Å²) >= 11 is 0. The van der Waals surface area contributed by atoms with Crippen LogP contribution in [0.25, 0.3) is 0 Å². The lowest BCUT2D eigenvalue weighted by Gasteiger charge is -2.27. The molecule has 1 saturated heterocycles. The topological polar surface area (TPSA) is 58.6 Å². The van der Waals surface area contributed by atoms with Crippen LogP contribution in [-0.2, 0) is 14.8 Å². The first-order chi connectivity index (χ1) is 7.10. The summed E-state index contributed by atoms with van der Waals surface area (Å²) in [6.07, 6.45) is 1.63. The number of nitrogens with one attached hydrogen (secondary N) is 1. The van der Waals surface area contributed by atoms with Crippen molar-refractivity contribution < 1.29 is 13.2 Å². The maximum atomic E-state index is 11.8. The van der Waals surface area contributed by atoms with Gasteiger partial charge in [-0.1, -0.05) is 0 Å². The number of sulfonamides is 1. The van der Waals surface area contributed by atoms with E-state index in [-0.39, 0.29) is 11.4 Å². The van der Waals surface area contributed by atoms with Crippen LogP contribution in [0.2, 0.25) is 0 Å². The van der Waals surface area contributed by atoms with E-state index in [1.54, 1.807) is 7.05 Å². The fourth-order valence-electron chi connectivity index (χ4n) is 1.75. The molecule has 1 N–H and O–H groups in total. The van der Waals surface area contributed by atoms with E-state index in [2.05, 4.69) is 5.32 Å². The molecule has 1 unspecified atom stereocenters. The molecule has 0 aromatic heterocycles. The van der Waals surface area contributed by atoms with Gasteiger partial charge in [-0.25, -0.2) is 12.7 Å². The molecule has 1 saturated carbocycles. The predicted molar refractivity (Wildman–Crippen MR) is 57.2 cm³/mol. The fourth-order valence-corrected chi connectivity index (χ4v) is 3.36. The second-order valence-electron chi connectivity index (χ2n) is 4.22. The Kier molecular flexibility index (Phi) is 3.30. The first kappa shape index (κ1) is 11.3. The van der Waals surface area contributed by atoms with Crippen LogP contribution in [0.4, 0.5) is 0 Å². The first-order valence-electron chi connectivity index (χ1n) is 5.38. The first-order valence-corrected chi connectivity index (χ1v) is 6.88. The highest BCUT2D eigenvalue weighted by Gasteiger charge is 2.39. The molecule has 0 spiro atoms. The minimum atomic E-state index is -3.04. The molecule has 1 aliphatic carbocycles. The summed E-state index contributed by atoms with van der Waals surface area (Å²) in [7, 11) is -1.40. The SMILES string of the molecule is CN(CC1CNCCO1)S(=O)(=O)C1CC1. The highest BCUT2D eigenvalue weighted by atomic mass is 32.2. The van der Waals surface area contributed by atoms with Crippen molar-refractivity contribution in [2.75, 3.05) is 33.3 Å². The molecule has 0 bridgehead atoms. The van der Waals surface area contributed by atoms with E-state index < -0.39 is 10.0 Å². The normalized spacial score (nSPS) is 28.3. The summed E-state index contributed by atoms with van der Waals surface area (Å²) in [6.45, 7) is 2.73. The lowest BCUT2D eigenvalue weighted by Crippen LogP contribution is -2.46. The standard InChI is InChI=1S/C9H18N2O3S/c1-11(15(12,13)9-2-3-9)7-8-6-10-4-5-14-8/h8-10H,2-7H2,1H3. The Bertz CT molecular complexity index is 307. The van der Waals surface area contributed by atoms with Gasteiger partial charge in [0, 0.05) is 26.7 Å². The maximum Gasteiger partial charge on any atom is 0.216 e. The number of hydrogen-bond donors (Lipinski definition) is 1. The van der Waals surface area contributed by atoms with Crippen molar-refractivity contribution in [3.8, 4) is 0 Å². The molecule has 6 heteroatoms. The average Bonchev–Trinajstić information content (AvgIpc) is 3.02. The van der Waals surface area contributed by atoms with Gasteiger partial charge in [0.05, 0.1) is 18.0 Å². The summed E-state index contributed by atoms with van der Waals surface area (Å²) in [5, 5.41) is 3.06. The van der Waals surface area contributed by atoms with Crippen molar-refractivity contribution in [3.63, 3.8) is 0 Å². The highest BCUT2D eigenvalue weighted by Crippen LogP contribution is 2.30. The summed E-state index contributed by atoms with van der Waals surface area (Å²) in [4.78, 5) is 0. The Hall–Kier alpha value is -0.170. The molecule has 2 fully saturated rings. The molecule has 5 nitrogen and oxygen atoms in total. The van der Waals surface area contributed by atoms with Crippen LogP contribution < -0.4 is 5.32 Å². The highest BCUT2D eigenvalue weighted by molar-refractivity contribution is 7.90. The van der Waals surface area contributed by atoms with Crippen molar-refractivity contribution in [1.29, 1.82) is 0 Å². The number of morpholine rings is 1. The van der Waals surface area contributed by atoms with Crippen molar-refractivity contribution >= 4 is 10.0 Å². The average molecular weight is 234 g/mol. The predicted octanol–water partition coefficient (Wildman–Crippen LogP) is -0.601. The van der Waals surface area contributed by atoms with E-state index in [4.69, 9.17) is 4.74 Å². The smallest absolute Gasteiger partial charge is 0.216 e. The van der Waals surface area contributed by atoms with E-state index in [1.807, 2.05) is 0 Å². The third-order valence-electron chi connectivity index (χ3n) is 2.85. The largest absolute Gasteiger partial charge is 0.374 e. The summed E-state index contributed by atoms with van der Waals surface area (Å²) in [5.74, 6) is 0. The van der Waals surface area contributed by atoms with Gasteiger partial charge in [-0.2, -0.15) is 0 Å². The number of hydrogen-bond acceptors (Lipinski definition) is 4. The zero-order chi connectivity index (χ0) is 10.9. The molecule has 2 rings (SSSR count). The number of nitrogens with zero attached hydrogens (tertiary/aromatic N) is 1. The van der Waals surface area contributed by atoms with Crippen molar-refractivity contribution in [2.24, 2.45) is 0 Å². The van der Waals surface area contributed by atoms with E-state index in [1.165, 1.54) is 4.31 Å². The van der Waals surface area contributed by atoms with E-state index in [9.17, 15) is 8.42 Å². The van der Waals surface area contributed by atoms with Gasteiger partial charge in [-0.05, 0) is 12.8 Å². The van der Waals surface area contributed by atoms with Crippen LogP contribution in [-0.4, -0.2) is 57.4 Å². The van der Waals surface area contributed by atoms with Crippen LogP contribution in [0.3, 0.4) is 0 Å². The summed E-state index contributed by atoms with van der Waals surface area (Å²) in [5.41, 5.74) is 0. The van der Waals surface area contributed by atoms with Crippen LogP contribution in [0.1, 0.15) is 12.8 Å². The molecule has 0 amide bonds. The Morgan fingerprint density at radius 1 is 1.47 bits per heavy atom. The summed E-state index contributed by atoms with van der Waals surface area (Å²) in [6, 6.07) is 0. The zero-order valence-corrected chi connectivity index (χ0v) is 9.79. The monoisotopic (exact) mass is 234 g/mol. The molecular formula is C9H18N2O3S. The minimum absolute atomic E-state index is 0.00252. The number of ether oxygens (including phenoxy) is 1. The summed E-state index contributed by atoms with van der Waals surface area (Å²) < 4.78 is 30.6. The van der Waals surface area contributed by atoms with Crippen LogP contribution in [0.5, 0.6) is 0 Å². The van der Waals surface area contributed by atoms with E-state index in [0.717, 1.165) is 25.9 Å². The zero-order valence-electron chi connectivity index (χ0n) is 8.98. The van der Waals surface area contributed by atoms with Gasteiger partial charge >= 0.3 is 0 Å². The van der Waals surface area contributed by atoms with Crippen LogP contribution in [0.15, 0.2) is 0 Å². The Labute approximate surface area is 90.8 Å². The molecule has 88 valence electrons. The van der Waals surface area contributed by atoms with Crippen molar-refractivity contribution in [1.82, 2.24) is 9.62 Å². The van der Waals surface area contributed by atoms with Gasteiger partial charge in [0.1, 0.15) is 0 Å². The molecule has 1 aliphatic heterocycles. The van der Waals surface area contributed by atoms with Gasteiger partial charge < -0.3 is 10.1 Å². The van der Waals surface area contributed by atoms with Gasteiger partial charge in [0.25, 0.3) is 0 Å². The third kappa shape index (κ3) is 2.69. The van der Waals surface area contributed by atoms with E-state index in [0.29, 0.717) is 13.2 Å². The minimum Gasteiger partial charge on any atom is -0.374 e. The second kappa shape index (κ2) is 4.37. The molecule has 1 heterocycles. The maximum absolute atomic E-state index is 11.8. The second-order valence-corrected chi connectivity index (χ2v) is 6.54. The molecule has 1 atom stereocenters. The van der Waals surface area contributed by atoms with Crippen LogP contribution in [0, 0.1) is 0 Å². The quantitative estimate of drug-likeness (QED) is 0.705. The van der Waals surface area contributed by atoms with Gasteiger partial charge in [0.2, 0.25) is 10.0 Å². The Balaban J connectivity index is 1.87. The molecule has 15 heavy (non-hydrogen) atoms. The Morgan fingerprint density at radius 2 is 2.20 bits per heavy atom. The molecular weight excluding hydrogens is 216 g/mol. The number of likely N-dealkylation sites (N-methyl/N-ethyl adjacent to an activating group) is 1. The van der Waals surface area contributed by atoms with Gasteiger partial charge in [-0.15, -0.1) is 0 Å². The van der Waals surface area contributed by atoms with Gasteiger partial charge in [-0.3, -0.25) is 0 Å². The molecule has 0 aromatic carbocycles. The van der Waals surface area contributed by atoms with Crippen molar-refractivity contribution in [2.45, 2.75) is 24.2 Å². The molecule has 2 aliphatic rings. The van der Waals surface area contributed by atoms with Crippen molar-refractivity contribution in [3.05, 3.63) is 0 Å². The number of rotatable bonds is 4. The Morgan fingerprint density at radius 3 is 2.73 bits per heavy atom. The third-order valence-corrected chi connectivity index (χ3v) is 5.18. The molecule has 0 radical (unpaired) electrons. The lowest BCUT2D eigenvalue weighted by molar-refractivity contribution is 0.0206. The van der Waals surface area contributed by atoms with E-state index >= 15 is 0 Å². The fraction of sp³-hybridized carbons (Fsp3) is 1.00.